The Hall–Kier alpha value is -1.65. The van der Waals surface area contributed by atoms with Gasteiger partial charge in [0.15, 0.2) is 0 Å². The second-order valence-corrected chi connectivity index (χ2v) is 4.97. The molecule has 0 spiro atoms. The summed E-state index contributed by atoms with van der Waals surface area (Å²) in [6.07, 6.45) is 3.57. The first-order chi connectivity index (χ1) is 9.25. The average molecular weight is 293 g/mol. The smallest absolute Gasteiger partial charge is 0.102 e. The van der Waals surface area contributed by atoms with Crippen LogP contribution in [0.15, 0.2) is 53.1 Å². The van der Waals surface area contributed by atoms with E-state index in [1.54, 1.807) is 18.3 Å². The monoisotopic (exact) mass is 292 g/mol. The molecule has 2 aromatic rings. The molecular weight excluding hydrogens is 283 g/mol. The fourth-order valence-electron chi connectivity index (χ4n) is 2.00. The summed E-state index contributed by atoms with van der Waals surface area (Å²) in [6.45, 7) is 0.603. The summed E-state index contributed by atoms with van der Waals surface area (Å²) in [5.41, 5.74) is 1.93. The van der Waals surface area contributed by atoms with Gasteiger partial charge >= 0.3 is 0 Å². The van der Waals surface area contributed by atoms with Crippen molar-refractivity contribution in [1.82, 2.24) is 4.98 Å². The van der Waals surface area contributed by atoms with Gasteiger partial charge in [-0.3, -0.25) is 4.98 Å². The fraction of sp³-hybridized carbons (Fsp3) is 0.154. The van der Waals surface area contributed by atoms with Gasteiger partial charge in [0.05, 0.1) is 22.3 Å². The van der Waals surface area contributed by atoms with Crippen LogP contribution in [0.3, 0.4) is 0 Å². The lowest BCUT2D eigenvalue weighted by atomic mass is 10.1. The second kappa shape index (κ2) is 5.15. The highest BCUT2D eigenvalue weighted by Crippen LogP contribution is 2.34. The van der Waals surface area contributed by atoms with Gasteiger partial charge in [0.2, 0.25) is 0 Å². The lowest BCUT2D eigenvalue weighted by Gasteiger charge is -2.22. The molecule has 1 atom stereocenters. The fourth-order valence-corrected chi connectivity index (χ4v) is 2.29. The van der Waals surface area contributed by atoms with E-state index in [4.69, 9.17) is 23.2 Å². The largest absolute Gasteiger partial charge is 0.264 e. The van der Waals surface area contributed by atoms with Crippen molar-refractivity contribution < 1.29 is 0 Å². The van der Waals surface area contributed by atoms with Crippen molar-refractivity contribution in [2.75, 3.05) is 11.6 Å². The zero-order valence-electron chi connectivity index (χ0n) is 9.87. The van der Waals surface area contributed by atoms with Crippen LogP contribution in [0.1, 0.15) is 11.6 Å². The highest BCUT2D eigenvalue weighted by molar-refractivity contribution is 6.42. The Morgan fingerprint density at radius 3 is 2.79 bits per heavy atom. The van der Waals surface area contributed by atoms with Crippen molar-refractivity contribution in [3.05, 3.63) is 58.3 Å². The predicted molar refractivity (Wildman–Crippen MR) is 75.6 cm³/mol. The molecule has 0 saturated heterocycles. The molecule has 1 aromatic carbocycles. The molecule has 0 bridgehead atoms. The van der Waals surface area contributed by atoms with E-state index in [2.05, 4.69) is 15.3 Å². The number of benzene rings is 1. The van der Waals surface area contributed by atoms with Crippen molar-refractivity contribution >= 4 is 28.9 Å². The van der Waals surface area contributed by atoms with E-state index < -0.39 is 0 Å². The highest BCUT2D eigenvalue weighted by Gasteiger charge is 2.25. The standard InChI is InChI=1S/C13H10Cl2N4/c14-11-4-3-10(6-12(11)15)19-13(8-17-18-19)9-2-1-5-16-7-9/h1-7,13H,8H2. The molecule has 2 heterocycles. The average Bonchev–Trinajstić information content (AvgIpc) is 2.92. The van der Waals surface area contributed by atoms with E-state index in [-0.39, 0.29) is 6.04 Å². The number of hydrogen-bond donors (Lipinski definition) is 0. The predicted octanol–water partition coefficient (Wildman–Crippen LogP) is 4.32. The van der Waals surface area contributed by atoms with Crippen LogP contribution in [0.5, 0.6) is 0 Å². The second-order valence-electron chi connectivity index (χ2n) is 4.16. The third kappa shape index (κ3) is 2.41. The topological polar surface area (TPSA) is 40.9 Å². The van der Waals surface area contributed by atoms with Crippen molar-refractivity contribution in [2.45, 2.75) is 6.04 Å². The van der Waals surface area contributed by atoms with E-state index in [1.807, 2.05) is 29.4 Å². The molecule has 0 fully saturated rings. The van der Waals surface area contributed by atoms with Crippen molar-refractivity contribution in [2.24, 2.45) is 10.3 Å². The third-order valence-electron chi connectivity index (χ3n) is 2.95. The molecular formula is C13H10Cl2N4. The highest BCUT2D eigenvalue weighted by atomic mass is 35.5. The van der Waals surface area contributed by atoms with E-state index in [9.17, 15) is 0 Å². The van der Waals surface area contributed by atoms with Crippen molar-refractivity contribution in [3.63, 3.8) is 0 Å². The summed E-state index contributed by atoms with van der Waals surface area (Å²) in [7, 11) is 0. The summed E-state index contributed by atoms with van der Waals surface area (Å²) in [5.74, 6) is 0. The summed E-state index contributed by atoms with van der Waals surface area (Å²) in [6, 6.07) is 9.39. The Bertz CT molecular complexity index is 615. The van der Waals surface area contributed by atoms with Crippen LogP contribution in [0, 0.1) is 0 Å². The van der Waals surface area contributed by atoms with Gasteiger partial charge in [-0.15, -0.1) is 0 Å². The minimum absolute atomic E-state index is 0.0472. The number of rotatable bonds is 2. The third-order valence-corrected chi connectivity index (χ3v) is 3.69. The minimum Gasteiger partial charge on any atom is -0.264 e. The first-order valence-electron chi connectivity index (χ1n) is 5.77. The van der Waals surface area contributed by atoms with E-state index in [0.29, 0.717) is 16.6 Å². The van der Waals surface area contributed by atoms with Gasteiger partial charge in [-0.25, -0.2) is 5.01 Å². The van der Waals surface area contributed by atoms with Crippen LogP contribution in [0.25, 0.3) is 0 Å². The zero-order valence-corrected chi connectivity index (χ0v) is 11.4. The molecule has 0 saturated carbocycles. The zero-order chi connectivity index (χ0) is 13.2. The van der Waals surface area contributed by atoms with Gasteiger partial charge in [0.25, 0.3) is 0 Å². The summed E-state index contributed by atoms with van der Waals surface area (Å²) in [5, 5.41) is 11.1. The number of pyridine rings is 1. The Morgan fingerprint density at radius 1 is 1.16 bits per heavy atom. The maximum atomic E-state index is 6.04. The molecule has 96 valence electrons. The van der Waals surface area contributed by atoms with Gasteiger partial charge in [-0.1, -0.05) is 34.5 Å². The van der Waals surface area contributed by atoms with Gasteiger partial charge < -0.3 is 0 Å². The van der Waals surface area contributed by atoms with Crippen LogP contribution in [-0.2, 0) is 0 Å². The van der Waals surface area contributed by atoms with Crippen LogP contribution >= 0.6 is 23.2 Å². The van der Waals surface area contributed by atoms with Crippen LogP contribution in [0.4, 0.5) is 5.69 Å². The van der Waals surface area contributed by atoms with Crippen molar-refractivity contribution in [1.29, 1.82) is 0 Å². The molecule has 0 N–H and O–H groups in total. The molecule has 1 aromatic heterocycles. The first kappa shape index (κ1) is 12.4. The number of halogens is 2. The molecule has 1 unspecified atom stereocenters. The molecule has 0 aliphatic carbocycles. The summed E-state index contributed by atoms with van der Waals surface area (Å²) in [4.78, 5) is 4.13. The molecule has 0 radical (unpaired) electrons. The Labute approximate surface area is 120 Å². The normalized spacial score (nSPS) is 18.0. The molecule has 3 rings (SSSR count). The number of aromatic nitrogens is 1. The van der Waals surface area contributed by atoms with Gasteiger partial charge in [-0.05, 0) is 29.8 Å². The van der Waals surface area contributed by atoms with Crippen LogP contribution in [-0.4, -0.2) is 11.5 Å². The molecule has 6 heteroatoms. The molecule has 19 heavy (non-hydrogen) atoms. The van der Waals surface area contributed by atoms with Gasteiger partial charge in [-0.2, -0.15) is 5.11 Å². The van der Waals surface area contributed by atoms with Crippen LogP contribution < -0.4 is 5.01 Å². The Balaban J connectivity index is 1.95. The van der Waals surface area contributed by atoms with E-state index in [0.717, 1.165) is 11.3 Å². The molecule has 1 aliphatic rings. The number of nitrogens with zero attached hydrogens (tertiary/aromatic N) is 4. The SMILES string of the molecule is Clc1ccc(N2N=NCC2c2cccnc2)cc1Cl. The Morgan fingerprint density at radius 2 is 2.05 bits per heavy atom. The molecule has 0 amide bonds. The first-order valence-corrected chi connectivity index (χ1v) is 6.53. The van der Waals surface area contributed by atoms with E-state index >= 15 is 0 Å². The van der Waals surface area contributed by atoms with Crippen molar-refractivity contribution in [3.8, 4) is 0 Å². The van der Waals surface area contributed by atoms with E-state index in [1.165, 1.54) is 0 Å². The maximum Gasteiger partial charge on any atom is 0.102 e. The summed E-state index contributed by atoms with van der Waals surface area (Å²) < 4.78 is 0. The lowest BCUT2D eigenvalue weighted by molar-refractivity contribution is 0.728. The number of anilines is 1. The number of hydrogen-bond acceptors (Lipinski definition) is 4. The quantitative estimate of drug-likeness (QED) is 0.827. The van der Waals surface area contributed by atoms with Gasteiger partial charge in [0, 0.05) is 12.4 Å². The van der Waals surface area contributed by atoms with Gasteiger partial charge in [0.1, 0.15) is 6.04 Å². The maximum absolute atomic E-state index is 6.04. The van der Waals surface area contributed by atoms with Crippen LogP contribution in [0.2, 0.25) is 10.0 Å². The minimum atomic E-state index is 0.0472. The lowest BCUT2D eigenvalue weighted by Crippen LogP contribution is -2.20. The molecule has 1 aliphatic heterocycles. The molecule has 4 nitrogen and oxygen atoms in total. The Kier molecular flexibility index (Phi) is 3.36. The summed E-state index contributed by atoms with van der Waals surface area (Å²) >= 11 is 12.0.